The van der Waals surface area contributed by atoms with Gasteiger partial charge < -0.3 is 20.1 Å². The molecule has 0 aliphatic rings. The van der Waals surface area contributed by atoms with E-state index in [9.17, 15) is 8.42 Å². The van der Waals surface area contributed by atoms with Crippen molar-refractivity contribution in [3.05, 3.63) is 23.8 Å². The third kappa shape index (κ3) is 9.46. The number of nitrogens with zero attached hydrogens (tertiary/aromatic N) is 1. The highest BCUT2D eigenvalue weighted by Crippen LogP contribution is 2.27. The maximum absolute atomic E-state index is 11.2. The van der Waals surface area contributed by atoms with E-state index in [-0.39, 0.29) is 35.8 Å². The van der Waals surface area contributed by atoms with Crippen LogP contribution in [0.3, 0.4) is 0 Å². The van der Waals surface area contributed by atoms with Gasteiger partial charge in [-0.05, 0) is 37.5 Å². The minimum absolute atomic E-state index is 0. The van der Waals surface area contributed by atoms with Gasteiger partial charge in [-0.25, -0.2) is 8.42 Å². The smallest absolute Gasteiger partial charge is 0.191 e. The number of rotatable bonds is 9. The summed E-state index contributed by atoms with van der Waals surface area (Å²) in [6.45, 7) is 2.63. The Labute approximate surface area is 173 Å². The van der Waals surface area contributed by atoms with Crippen LogP contribution in [0.1, 0.15) is 18.9 Å². The van der Waals surface area contributed by atoms with E-state index in [4.69, 9.17) is 9.47 Å². The molecule has 0 saturated carbocycles. The number of methoxy groups -OCH3 is 2. The Morgan fingerprint density at radius 3 is 2.42 bits per heavy atom. The molecule has 0 aliphatic carbocycles. The molecule has 0 fully saturated rings. The van der Waals surface area contributed by atoms with Gasteiger partial charge in [0.15, 0.2) is 17.5 Å². The highest BCUT2D eigenvalue weighted by Gasteiger charge is 2.09. The second kappa shape index (κ2) is 12.2. The van der Waals surface area contributed by atoms with E-state index >= 15 is 0 Å². The molecule has 1 rings (SSSR count). The average molecular weight is 499 g/mol. The van der Waals surface area contributed by atoms with Crippen LogP contribution in [0.25, 0.3) is 0 Å². The number of halogens is 1. The van der Waals surface area contributed by atoms with Crippen molar-refractivity contribution in [2.45, 2.75) is 25.8 Å². The zero-order chi connectivity index (χ0) is 18.9. The molecule has 0 amide bonds. The van der Waals surface area contributed by atoms with Crippen LogP contribution in [0.5, 0.6) is 11.5 Å². The molecule has 7 nitrogen and oxygen atoms in total. The minimum atomic E-state index is -2.95. The van der Waals surface area contributed by atoms with Gasteiger partial charge in [-0.2, -0.15) is 0 Å². The van der Waals surface area contributed by atoms with E-state index < -0.39 is 9.84 Å². The first-order valence-electron chi connectivity index (χ1n) is 8.15. The molecule has 1 aromatic rings. The van der Waals surface area contributed by atoms with Crippen molar-refractivity contribution in [2.75, 3.05) is 39.8 Å². The number of ether oxygens (including phenoxy) is 2. The number of sulfone groups is 1. The fourth-order valence-electron chi connectivity index (χ4n) is 2.25. The summed E-state index contributed by atoms with van der Waals surface area (Å²) in [7, 11) is 1.97. The van der Waals surface area contributed by atoms with Crippen molar-refractivity contribution in [1.82, 2.24) is 10.6 Å². The Morgan fingerprint density at radius 2 is 1.88 bits per heavy atom. The van der Waals surface area contributed by atoms with E-state index in [0.717, 1.165) is 12.0 Å². The molecule has 26 heavy (non-hydrogen) atoms. The standard InChI is InChI=1S/C17H29N3O4S.HI/c1-13(9-11-25(5,21)22)20-17(18-2)19-10-8-14-6-7-15(23-3)16(12-14)24-4;/h6-7,12-13H,8-11H2,1-5H3,(H2,18,19,20);1H. The Bertz CT molecular complexity index is 681. The summed E-state index contributed by atoms with van der Waals surface area (Å²) < 4.78 is 33.0. The number of hydrogen-bond donors (Lipinski definition) is 2. The first-order valence-corrected chi connectivity index (χ1v) is 10.2. The summed E-state index contributed by atoms with van der Waals surface area (Å²) in [4.78, 5) is 4.17. The lowest BCUT2D eigenvalue weighted by atomic mass is 10.1. The molecule has 0 bridgehead atoms. The van der Waals surface area contributed by atoms with Crippen molar-refractivity contribution in [1.29, 1.82) is 0 Å². The largest absolute Gasteiger partial charge is 0.493 e. The molecule has 150 valence electrons. The summed E-state index contributed by atoms with van der Waals surface area (Å²) in [5.74, 6) is 2.22. The van der Waals surface area contributed by atoms with E-state index in [1.54, 1.807) is 21.3 Å². The predicted octanol–water partition coefficient (Wildman–Crippen LogP) is 1.85. The lowest BCUT2D eigenvalue weighted by Gasteiger charge is -2.17. The monoisotopic (exact) mass is 499 g/mol. The molecule has 0 aliphatic heterocycles. The summed E-state index contributed by atoms with van der Waals surface area (Å²) in [6.07, 6.45) is 2.57. The SMILES string of the molecule is CN=C(NCCc1ccc(OC)c(OC)c1)NC(C)CCS(C)(=O)=O.I. The van der Waals surface area contributed by atoms with Crippen LogP contribution in [0.2, 0.25) is 0 Å². The number of benzene rings is 1. The minimum Gasteiger partial charge on any atom is -0.493 e. The van der Waals surface area contributed by atoms with Crippen molar-refractivity contribution in [3.63, 3.8) is 0 Å². The summed E-state index contributed by atoms with van der Waals surface area (Å²) in [6, 6.07) is 5.84. The molecule has 1 atom stereocenters. The van der Waals surface area contributed by atoms with Gasteiger partial charge in [-0.1, -0.05) is 6.07 Å². The van der Waals surface area contributed by atoms with E-state index in [0.29, 0.717) is 30.4 Å². The Kier molecular flexibility index (Phi) is 11.6. The Balaban J connectivity index is 0.00000625. The number of guanidine groups is 1. The average Bonchev–Trinajstić information content (AvgIpc) is 2.58. The van der Waals surface area contributed by atoms with Crippen LogP contribution in [0, 0.1) is 0 Å². The maximum atomic E-state index is 11.2. The van der Waals surface area contributed by atoms with Gasteiger partial charge >= 0.3 is 0 Å². The van der Waals surface area contributed by atoms with Crippen LogP contribution >= 0.6 is 24.0 Å². The second-order valence-electron chi connectivity index (χ2n) is 5.90. The molecular weight excluding hydrogens is 469 g/mol. The first-order chi connectivity index (χ1) is 11.8. The molecule has 1 aromatic carbocycles. The highest BCUT2D eigenvalue weighted by atomic mass is 127. The zero-order valence-electron chi connectivity index (χ0n) is 16.0. The number of hydrogen-bond acceptors (Lipinski definition) is 5. The Hall–Kier alpha value is -1.23. The van der Waals surface area contributed by atoms with Crippen LogP contribution in [0.4, 0.5) is 0 Å². The molecule has 2 N–H and O–H groups in total. The van der Waals surface area contributed by atoms with Crippen LogP contribution in [0.15, 0.2) is 23.2 Å². The molecule has 0 saturated heterocycles. The quantitative estimate of drug-likeness (QED) is 0.307. The van der Waals surface area contributed by atoms with Crippen molar-refractivity contribution >= 4 is 39.8 Å². The topological polar surface area (TPSA) is 89.0 Å². The van der Waals surface area contributed by atoms with Crippen molar-refractivity contribution in [3.8, 4) is 11.5 Å². The van der Waals surface area contributed by atoms with Crippen LogP contribution in [-0.2, 0) is 16.3 Å². The highest BCUT2D eigenvalue weighted by molar-refractivity contribution is 14.0. The zero-order valence-corrected chi connectivity index (χ0v) is 19.2. The molecule has 0 spiro atoms. The van der Waals surface area contributed by atoms with Gasteiger partial charge in [0.1, 0.15) is 9.84 Å². The lowest BCUT2D eigenvalue weighted by molar-refractivity contribution is 0.354. The summed E-state index contributed by atoms with van der Waals surface area (Å²) >= 11 is 0. The van der Waals surface area contributed by atoms with Gasteiger partial charge in [0.05, 0.1) is 20.0 Å². The molecule has 1 unspecified atom stereocenters. The molecular formula is C17H30IN3O4S. The van der Waals surface area contributed by atoms with E-state index in [1.165, 1.54) is 6.26 Å². The number of aliphatic imine (C=N–C) groups is 1. The summed E-state index contributed by atoms with van der Waals surface area (Å²) in [5.41, 5.74) is 1.12. The van der Waals surface area contributed by atoms with Crippen molar-refractivity contribution < 1.29 is 17.9 Å². The number of nitrogens with one attached hydrogen (secondary N) is 2. The normalized spacial score (nSPS) is 12.7. The van der Waals surface area contributed by atoms with Crippen molar-refractivity contribution in [2.24, 2.45) is 4.99 Å². The Morgan fingerprint density at radius 1 is 1.23 bits per heavy atom. The molecule has 9 heteroatoms. The van der Waals surface area contributed by atoms with Crippen LogP contribution in [-0.4, -0.2) is 60.2 Å². The van der Waals surface area contributed by atoms with E-state index in [2.05, 4.69) is 15.6 Å². The fourth-order valence-corrected chi connectivity index (χ4v) is 3.03. The first kappa shape index (κ1) is 24.8. The summed E-state index contributed by atoms with van der Waals surface area (Å²) in [5, 5.41) is 6.43. The molecule has 0 heterocycles. The third-order valence-corrected chi connectivity index (χ3v) is 4.66. The second-order valence-corrected chi connectivity index (χ2v) is 8.16. The predicted molar refractivity (Wildman–Crippen MR) is 117 cm³/mol. The van der Waals surface area contributed by atoms with Crippen LogP contribution < -0.4 is 20.1 Å². The maximum Gasteiger partial charge on any atom is 0.191 e. The molecule has 0 aromatic heterocycles. The fraction of sp³-hybridized carbons (Fsp3) is 0.588. The van der Waals surface area contributed by atoms with Gasteiger partial charge in [-0.3, -0.25) is 4.99 Å². The van der Waals surface area contributed by atoms with Gasteiger partial charge in [0.2, 0.25) is 0 Å². The molecule has 0 radical (unpaired) electrons. The van der Waals surface area contributed by atoms with E-state index in [1.807, 2.05) is 25.1 Å². The van der Waals surface area contributed by atoms with Gasteiger partial charge in [0, 0.05) is 25.9 Å². The third-order valence-electron chi connectivity index (χ3n) is 3.68. The van der Waals surface area contributed by atoms with Gasteiger partial charge in [-0.15, -0.1) is 24.0 Å². The van der Waals surface area contributed by atoms with Gasteiger partial charge in [0.25, 0.3) is 0 Å². The lowest BCUT2D eigenvalue weighted by Crippen LogP contribution is -2.43.